The Balaban J connectivity index is 1.22. The largest absolute Gasteiger partial charge is 0.493 e. The van der Waals surface area contributed by atoms with Gasteiger partial charge in [0, 0.05) is 88.3 Å². The van der Waals surface area contributed by atoms with Crippen molar-refractivity contribution >= 4 is 40.4 Å². The van der Waals surface area contributed by atoms with Crippen LogP contribution in [-0.2, 0) is 38.1 Å². The number of rotatable bonds is 14. The fourth-order valence-corrected chi connectivity index (χ4v) is 8.03. The number of fused-ring (bicyclic) bond motifs is 3. The lowest BCUT2D eigenvalue weighted by atomic mass is 9.85. The molecular formula is C48H64N4O13. The number of primary amides is 1. The molecule has 17 heteroatoms. The number of hydrogen-bond acceptors (Lipinski definition) is 15. The van der Waals surface area contributed by atoms with Gasteiger partial charge < -0.3 is 59.2 Å². The average molecular weight is 905 g/mol. The number of nitrogens with one attached hydrogen (secondary N) is 2. The smallest absolute Gasteiger partial charge is 0.405 e. The number of benzene rings is 1. The van der Waals surface area contributed by atoms with E-state index in [1.54, 1.807) is 51.1 Å². The van der Waals surface area contributed by atoms with Crippen LogP contribution >= 0.6 is 0 Å². The quantitative estimate of drug-likeness (QED) is 0.116. The van der Waals surface area contributed by atoms with Gasteiger partial charge in [0.2, 0.25) is 11.6 Å². The van der Waals surface area contributed by atoms with Crippen LogP contribution in [0.2, 0.25) is 0 Å². The minimum absolute atomic E-state index is 0.113. The summed E-state index contributed by atoms with van der Waals surface area (Å²) in [6.07, 6.45) is 4.64. The van der Waals surface area contributed by atoms with Gasteiger partial charge in [0.15, 0.2) is 17.4 Å². The molecule has 0 spiro atoms. The fraction of sp³-hybridized carbons (Fsp3) is 0.521. The van der Waals surface area contributed by atoms with E-state index in [0.29, 0.717) is 100 Å². The molecule has 3 heterocycles. The molecule has 2 amide bonds. The topological polar surface area (TPSA) is 227 Å². The number of amides is 2. The van der Waals surface area contributed by atoms with E-state index < -0.39 is 53.9 Å². The molecule has 2 bridgehead atoms. The molecule has 1 aliphatic carbocycles. The number of carbonyl (C=O) groups excluding carboxylic acids is 4. The summed E-state index contributed by atoms with van der Waals surface area (Å²) in [6, 6.07) is 5.02. The summed E-state index contributed by atoms with van der Waals surface area (Å²) >= 11 is 0. The van der Waals surface area contributed by atoms with Gasteiger partial charge in [-0.2, -0.15) is 0 Å². The molecule has 0 radical (unpaired) electrons. The van der Waals surface area contributed by atoms with Crippen LogP contribution in [0.3, 0.4) is 0 Å². The minimum atomic E-state index is -1.01. The maximum Gasteiger partial charge on any atom is 0.405 e. The van der Waals surface area contributed by atoms with Gasteiger partial charge in [-0.3, -0.25) is 19.2 Å². The van der Waals surface area contributed by atoms with Crippen molar-refractivity contribution in [1.82, 2.24) is 10.6 Å². The van der Waals surface area contributed by atoms with E-state index in [1.165, 1.54) is 26.4 Å². The zero-order valence-corrected chi connectivity index (χ0v) is 38.4. The van der Waals surface area contributed by atoms with Crippen molar-refractivity contribution < 1.29 is 57.1 Å². The molecular weight excluding hydrogens is 841 g/mol. The number of ether oxygens (including phenoxy) is 6. The van der Waals surface area contributed by atoms with Crippen LogP contribution in [0, 0.1) is 18.8 Å². The van der Waals surface area contributed by atoms with Crippen molar-refractivity contribution in [1.29, 1.82) is 0 Å². The molecule has 1 fully saturated rings. The number of Topliss-reactive ketones (excluding diaryl/α,β-unsaturated/α-hetero) is 1. The summed E-state index contributed by atoms with van der Waals surface area (Å²) in [4.78, 5) is 67.8. The molecule has 1 aromatic carbocycles. The predicted molar refractivity (Wildman–Crippen MR) is 243 cm³/mol. The van der Waals surface area contributed by atoms with Crippen molar-refractivity contribution in [2.24, 2.45) is 17.6 Å². The molecule has 1 unspecified atom stereocenters. The van der Waals surface area contributed by atoms with E-state index in [4.69, 9.17) is 38.6 Å². The Morgan fingerprint density at radius 2 is 1.75 bits per heavy atom. The van der Waals surface area contributed by atoms with Crippen molar-refractivity contribution in [3.63, 3.8) is 0 Å². The van der Waals surface area contributed by atoms with Crippen LogP contribution in [-0.4, -0.2) is 120 Å². The van der Waals surface area contributed by atoms with Crippen molar-refractivity contribution in [3.05, 3.63) is 92.5 Å². The lowest BCUT2D eigenvalue weighted by Gasteiger charge is -2.30. The molecule has 3 aliphatic rings. The maximum absolute atomic E-state index is 14.1. The number of methoxy groups -OCH3 is 2. The number of allylic oxidation sites excluding steroid dienone is 4. The molecule has 17 nitrogen and oxygen atoms in total. The van der Waals surface area contributed by atoms with Gasteiger partial charge in [0.25, 0.3) is 5.91 Å². The third-order valence-corrected chi connectivity index (χ3v) is 11.7. The van der Waals surface area contributed by atoms with Gasteiger partial charge in [0.1, 0.15) is 17.4 Å². The molecule has 65 heavy (non-hydrogen) atoms. The van der Waals surface area contributed by atoms with Crippen molar-refractivity contribution in [2.45, 2.75) is 84.7 Å². The first-order valence-electron chi connectivity index (χ1n) is 22.1. The van der Waals surface area contributed by atoms with Crippen molar-refractivity contribution in [3.8, 4) is 5.75 Å². The maximum atomic E-state index is 14.1. The Bertz CT molecular complexity index is 2250. The number of nitrogens with two attached hydrogens (primary N) is 1. The highest BCUT2D eigenvalue weighted by atomic mass is 16.6. The number of ketones is 2. The summed E-state index contributed by atoms with van der Waals surface area (Å²) in [6.45, 7) is 12.8. The lowest BCUT2D eigenvalue weighted by molar-refractivity contribution is -0.120. The third kappa shape index (κ3) is 13.5. The zero-order valence-electron chi connectivity index (χ0n) is 38.4. The van der Waals surface area contributed by atoms with Crippen LogP contribution in [0.25, 0.3) is 11.0 Å². The Morgan fingerprint density at radius 3 is 2.46 bits per heavy atom. The normalized spacial score (nSPS) is 26.1. The number of aryl methyl sites for hydroxylation is 1. The summed E-state index contributed by atoms with van der Waals surface area (Å²) in [7, 11) is 2.92. The van der Waals surface area contributed by atoms with Crippen LogP contribution in [0.5, 0.6) is 5.75 Å². The van der Waals surface area contributed by atoms with Crippen molar-refractivity contribution in [2.75, 3.05) is 71.8 Å². The molecule has 1 aromatic heterocycles. The number of anilines is 1. The summed E-state index contributed by atoms with van der Waals surface area (Å²) in [5, 5.41) is 17.7. The highest BCUT2D eigenvalue weighted by molar-refractivity contribution is 6.23. The van der Waals surface area contributed by atoms with Crippen LogP contribution < -0.4 is 31.4 Å². The van der Waals surface area contributed by atoms with Crippen LogP contribution in [0.1, 0.15) is 58.9 Å². The van der Waals surface area contributed by atoms with Crippen LogP contribution in [0.4, 0.5) is 10.7 Å². The first-order valence-corrected chi connectivity index (χ1v) is 22.1. The molecule has 2 aromatic rings. The minimum Gasteiger partial charge on any atom is -0.493 e. The van der Waals surface area contributed by atoms with E-state index in [2.05, 4.69) is 10.6 Å². The molecule has 5 rings (SSSR count). The summed E-state index contributed by atoms with van der Waals surface area (Å²) in [5.41, 5.74) is 7.51. The number of aliphatic hydroxyl groups is 1. The van der Waals surface area contributed by atoms with E-state index in [9.17, 15) is 29.1 Å². The second-order valence-corrected chi connectivity index (χ2v) is 16.6. The molecule has 1 saturated heterocycles. The van der Waals surface area contributed by atoms with E-state index >= 15 is 0 Å². The fourth-order valence-electron chi connectivity index (χ4n) is 8.03. The monoisotopic (exact) mass is 904 g/mol. The van der Waals surface area contributed by atoms with Crippen LogP contribution in [0.15, 0.2) is 85.9 Å². The number of carbonyl (C=O) groups is 4. The molecule has 2 aliphatic heterocycles. The Hall–Kier alpha value is -5.59. The first kappa shape index (κ1) is 50.4. The number of nitrogens with zero attached hydrogens (tertiary/aromatic N) is 1. The Labute approximate surface area is 379 Å². The summed E-state index contributed by atoms with van der Waals surface area (Å²) in [5.74, 6) is -1.18. The zero-order chi connectivity index (χ0) is 47.2. The molecule has 6 atom stereocenters. The average Bonchev–Trinajstić information content (AvgIpc) is 3.28. The van der Waals surface area contributed by atoms with E-state index in [0.717, 1.165) is 11.6 Å². The second kappa shape index (κ2) is 24.1. The lowest BCUT2D eigenvalue weighted by Crippen LogP contribution is -2.38. The Morgan fingerprint density at radius 1 is 1.02 bits per heavy atom. The first-order chi connectivity index (χ1) is 31.1. The second-order valence-electron chi connectivity index (χ2n) is 16.6. The highest BCUT2D eigenvalue weighted by Gasteiger charge is 2.33. The molecule has 0 saturated carbocycles. The standard InChI is InChI=1S/C48H64N4O13/c1-28-23-34-42(50-15-9-18-61-19-10-20-63-38-14-13-33-36(53)27-41(64-46(33)32(38)5)52-16-21-62-22-17-52)37(54)26-35(44(34)56)51-47(57)29(2)11-8-12-39(59-6)45(65-48(49)58)31(4)25-30(3)43(55)40(24-28)60-7/h8,11-14,25-28,30,39-40,43,45,50,55H,9-10,15-24H2,1-7H3,(H2,49,58)(H,51,57)/b12-8-,29-11+,31-25+/t28-,30+,39?,40+,43-,45+/m1/s1. The van der Waals surface area contributed by atoms with Gasteiger partial charge in [-0.1, -0.05) is 38.2 Å². The van der Waals surface area contributed by atoms with E-state index in [-0.39, 0.29) is 40.3 Å². The highest BCUT2D eigenvalue weighted by Crippen LogP contribution is 2.31. The van der Waals surface area contributed by atoms with E-state index in [1.807, 2.05) is 18.7 Å². The number of hydrogen-bond donors (Lipinski definition) is 4. The predicted octanol–water partition coefficient (Wildman–Crippen LogP) is 4.48. The van der Waals surface area contributed by atoms with Gasteiger partial charge in [-0.25, -0.2) is 4.79 Å². The number of aliphatic hydroxyl groups excluding tert-OH is 1. The SMILES string of the molecule is COC1/C=C\C=C(/C)C(=O)NC2=CC(=O)C(NCCCOCCCOc3ccc4c(=O)cc(N5CCOCC5)oc4c3C)=C(C[C@@H](C)C[C@H](OC)[C@H](O)[C@@H](C)/C=C(\C)[C@@H]1OC(N)=O)C2=O. The van der Waals surface area contributed by atoms with Gasteiger partial charge in [-0.15, -0.1) is 0 Å². The molecule has 354 valence electrons. The molecule has 5 N–H and O–H groups in total. The van der Waals surface area contributed by atoms with Gasteiger partial charge >= 0.3 is 6.09 Å². The summed E-state index contributed by atoms with van der Waals surface area (Å²) < 4.78 is 40.3. The third-order valence-electron chi connectivity index (χ3n) is 11.7. The Kier molecular flexibility index (Phi) is 18.7. The van der Waals surface area contributed by atoms with Gasteiger partial charge in [0.05, 0.1) is 48.8 Å². The van der Waals surface area contributed by atoms with Gasteiger partial charge in [-0.05, 0) is 63.7 Å². The number of morpholine rings is 1.